The number of benzene rings is 1. The molecule has 0 amide bonds. The first-order valence-electron chi connectivity index (χ1n) is 8.66. The van der Waals surface area contributed by atoms with Crippen LogP contribution in [-0.2, 0) is 0 Å². The minimum Gasteiger partial charge on any atom is -0.352 e. The van der Waals surface area contributed by atoms with E-state index in [1.54, 1.807) is 0 Å². The Balaban J connectivity index is 1.36. The van der Waals surface area contributed by atoms with Gasteiger partial charge in [-0.15, -0.1) is 0 Å². The summed E-state index contributed by atoms with van der Waals surface area (Å²) in [6.07, 6.45) is 5.08. The Kier molecular flexibility index (Phi) is 5.64. The number of nitrogens with zero attached hydrogens (tertiary/aromatic N) is 3. The second kappa shape index (κ2) is 8.11. The number of piperidine rings is 1. The van der Waals surface area contributed by atoms with Crippen molar-refractivity contribution in [2.24, 2.45) is 5.92 Å². The van der Waals surface area contributed by atoms with Crippen molar-refractivity contribution in [2.45, 2.75) is 32.6 Å². The first-order valence-corrected chi connectivity index (χ1v) is 8.66. The molecule has 1 atom stereocenters. The number of unbranched alkanes of at least 4 members (excludes halogenated alkanes) is 1. The van der Waals surface area contributed by atoms with Crippen molar-refractivity contribution < 1.29 is 4.52 Å². The van der Waals surface area contributed by atoms with Gasteiger partial charge in [0, 0.05) is 18.7 Å². The largest absolute Gasteiger partial charge is 0.352 e. The van der Waals surface area contributed by atoms with Gasteiger partial charge in [0.1, 0.15) is 0 Å². The molecule has 0 radical (unpaired) electrons. The highest BCUT2D eigenvalue weighted by molar-refractivity contribution is 5.53. The molecule has 2 aromatic rings. The number of likely N-dealkylation sites (tertiary alicyclic amines) is 1. The summed E-state index contributed by atoms with van der Waals surface area (Å²) in [5.41, 5.74) is 0.951. The molecule has 1 aromatic carbocycles. The number of rotatable bonds is 7. The Morgan fingerprint density at radius 2 is 2.13 bits per heavy atom. The highest BCUT2D eigenvalue weighted by atomic mass is 16.5. The highest BCUT2D eigenvalue weighted by Crippen LogP contribution is 2.18. The van der Waals surface area contributed by atoms with Crippen molar-refractivity contribution in [3.63, 3.8) is 0 Å². The third-order valence-electron chi connectivity index (χ3n) is 4.37. The number of anilines is 1. The Bertz CT molecular complexity index is 584. The quantitative estimate of drug-likeness (QED) is 0.790. The highest BCUT2D eigenvalue weighted by Gasteiger charge is 2.15. The SMILES string of the molecule is CC1CCCN(CCCCNc2noc(-c3ccccc3)n2)C1. The predicted octanol–water partition coefficient (Wildman–Crippen LogP) is 3.66. The van der Waals surface area contributed by atoms with Gasteiger partial charge in [-0.25, -0.2) is 0 Å². The fourth-order valence-corrected chi connectivity index (χ4v) is 3.14. The molecule has 23 heavy (non-hydrogen) atoms. The van der Waals surface area contributed by atoms with Crippen LogP contribution in [-0.4, -0.2) is 41.2 Å². The molecule has 1 aliphatic heterocycles. The van der Waals surface area contributed by atoms with E-state index < -0.39 is 0 Å². The van der Waals surface area contributed by atoms with E-state index in [1.807, 2.05) is 30.3 Å². The van der Waals surface area contributed by atoms with E-state index in [0.29, 0.717) is 11.8 Å². The summed E-state index contributed by atoms with van der Waals surface area (Å²) < 4.78 is 5.28. The maximum absolute atomic E-state index is 5.28. The molecule has 2 heterocycles. The monoisotopic (exact) mass is 314 g/mol. The van der Waals surface area contributed by atoms with E-state index in [4.69, 9.17) is 4.52 Å². The van der Waals surface area contributed by atoms with Crippen LogP contribution in [0.1, 0.15) is 32.6 Å². The average molecular weight is 314 g/mol. The molecule has 0 bridgehead atoms. The van der Waals surface area contributed by atoms with Gasteiger partial charge < -0.3 is 14.7 Å². The standard InChI is InChI=1S/C18H26N4O/c1-15-8-7-13-22(14-15)12-6-5-11-19-18-20-17(23-21-18)16-9-3-2-4-10-16/h2-4,9-10,15H,5-8,11-14H2,1H3,(H,19,21). The summed E-state index contributed by atoms with van der Waals surface area (Å²) in [4.78, 5) is 6.97. The van der Waals surface area contributed by atoms with Crippen LogP contribution in [0.15, 0.2) is 34.9 Å². The van der Waals surface area contributed by atoms with Gasteiger partial charge in [0.2, 0.25) is 0 Å². The molecule has 0 saturated carbocycles. The minimum absolute atomic E-state index is 0.565. The summed E-state index contributed by atoms with van der Waals surface area (Å²) in [7, 11) is 0. The molecular formula is C18H26N4O. The number of nitrogens with one attached hydrogen (secondary N) is 1. The van der Waals surface area contributed by atoms with E-state index in [9.17, 15) is 0 Å². The summed E-state index contributed by atoms with van der Waals surface area (Å²) in [6, 6.07) is 9.85. The number of aromatic nitrogens is 2. The zero-order valence-corrected chi connectivity index (χ0v) is 13.9. The second-order valence-electron chi connectivity index (χ2n) is 6.47. The molecule has 1 fully saturated rings. The van der Waals surface area contributed by atoms with Gasteiger partial charge in [-0.2, -0.15) is 4.98 Å². The minimum atomic E-state index is 0.565. The smallest absolute Gasteiger partial charge is 0.263 e. The third-order valence-corrected chi connectivity index (χ3v) is 4.37. The lowest BCUT2D eigenvalue weighted by atomic mass is 10.0. The molecule has 5 nitrogen and oxygen atoms in total. The normalized spacial score (nSPS) is 18.9. The lowest BCUT2D eigenvalue weighted by molar-refractivity contribution is 0.181. The van der Waals surface area contributed by atoms with E-state index in [1.165, 1.54) is 38.9 Å². The van der Waals surface area contributed by atoms with E-state index in [2.05, 4.69) is 27.3 Å². The molecule has 1 aliphatic rings. The molecule has 1 aromatic heterocycles. The van der Waals surface area contributed by atoms with Gasteiger partial charge in [-0.3, -0.25) is 0 Å². The van der Waals surface area contributed by atoms with Crippen LogP contribution in [0.2, 0.25) is 0 Å². The summed E-state index contributed by atoms with van der Waals surface area (Å²) >= 11 is 0. The van der Waals surface area contributed by atoms with E-state index >= 15 is 0 Å². The number of hydrogen-bond donors (Lipinski definition) is 1. The second-order valence-corrected chi connectivity index (χ2v) is 6.47. The van der Waals surface area contributed by atoms with Crippen LogP contribution >= 0.6 is 0 Å². The molecule has 0 aliphatic carbocycles. The topological polar surface area (TPSA) is 54.2 Å². The summed E-state index contributed by atoms with van der Waals surface area (Å²) in [5.74, 6) is 2.00. The molecular weight excluding hydrogens is 288 g/mol. The Morgan fingerprint density at radius 3 is 2.96 bits per heavy atom. The van der Waals surface area contributed by atoms with Gasteiger partial charge in [-0.05, 0) is 62.0 Å². The average Bonchev–Trinajstić information content (AvgIpc) is 3.04. The maximum Gasteiger partial charge on any atom is 0.263 e. The molecule has 3 rings (SSSR count). The van der Waals surface area contributed by atoms with Gasteiger partial charge in [0.15, 0.2) is 0 Å². The fourth-order valence-electron chi connectivity index (χ4n) is 3.14. The van der Waals surface area contributed by atoms with Crippen LogP contribution in [0, 0.1) is 5.92 Å². The molecule has 0 spiro atoms. The van der Waals surface area contributed by atoms with Crippen LogP contribution in [0.3, 0.4) is 0 Å². The Hall–Kier alpha value is -1.88. The van der Waals surface area contributed by atoms with Crippen molar-refractivity contribution in [3.05, 3.63) is 30.3 Å². The predicted molar refractivity (Wildman–Crippen MR) is 92.3 cm³/mol. The third kappa shape index (κ3) is 4.79. The van der Waals surface area contributed by atoms with Crippen molar-refractivity contribution >= 4 is 5.95 Å². The molecule has 1 N–H and O–H groups in total. The first kappa shape index (κ1) is 16.0. The number of hydrogen-bond acceptors (Lipinski definition) is 5. The van der Waals surface area contributed by atoms with Gasteiger partial charge in [0.05, 0.1) is 0 Å². The zero-order valence-electron chi connectivity index (χ0n) is 13.9. The summed E-state index contributed by atoms with van der Waals surface area (Å²) in [5, 5.41) is 7.23. The Morgan fingerprint density at radius 1 is 1.26 bits per heavy atom. The fraction of sp³-hybridized carbons (Fsp3) is 0.556. The maximum atomic E-state index is 5.28. The lowest BCUT2D eigenvalue weighted by Gasteiger charge is -2.30. The Labute approximate surface area is 138 Å². The van der Waals surface area contributed by atoms with Crippen molar-refractivity contribution in [1.29, 1.82) is 0 Å². The van der Waals surface area contributed by atoms with Crippen LogP contribution in [0.4, 0.5) is 5.95 Å². The van der Waals surface area contributed by atoms with E-state index in [-0.39, 0.29) is 0 Å². The molecule has 124 valence electrons. The van der Waals surface area contributed by atoms with Crippen LogP contribution in [0.5, 0.6) is 0 Å². The van der Waals surface area contributed by atoms with Crippen molar-refractivity contribution in [3.8, 4) is 11.5 Å². The lowest BCUT2D eigenvalue weighted by Crippen LogP contribution is -2.35. The molecule has 5 heteroatoms. The summed E-state index contributed by atoms with van der Waals surface area (Å²) in [6.45, 7) is 6.97. The molecule has 1 unspecified atom stereocenters. The van der Waals surface area contributed by atoms with Gasteiger partial charge >= 0.3 is 0 Å². The van der Waals surface area contributed by atoms with Gasteiger partial charge in [-0.1, -0.05) is 25.1 Å². The molecule has 1 saturated heterocycles. The van der Waals surface area contributed by atoms with Crippen molar-refractivity contribution in [1.82, 2.24) is 15.0 Å². The van der Waals surface area contributed by atoms with Gasteiger partial charge in [0.25, 0.3) is 11.8 Å². The van der Waals surface area contributed by atoms with Crippen molar-refractivity contribution in [2.75, 3.05) is 31.5 Å². The van der Waals surface area contributed by atoms with E-state index in [0.717, 1.165) is 24.4 Å². The van der Waals surface area contributed by atoms with Crippen LogP contribution < -0.4 is 5.32 Å². The zero-order chi connectivity index (χ0) is 15.9. The first-order chi connectivity index (χ1) is 11.3. The van der Waals surface area contributed by atoms with Crippen LogP contribution in [0.25, 0.3) is 11.5 Å².